The van der Waals surface area contributed by atoms with Gasteiger partial charge in [-0.3, -0.25) is 5.10 Å². The third-order valence-corrected chi connectivity index (χ3v) is 2.26. The van der Waals surface area contributed by atoms with E-state index in [1.165, 1.54) is 17.7 Å². The molecule has 2 aromatic heterocycles. The lowest BCUT2D eigenvalue weighted by atomic mass is 10.2. The summed E-state index contributed by atoms with van der Waals surface area (Å²) >= 11 is 1.40. The van der Waals surface area contributed by atoms with Gasteiger partial charge in [0.1, 0.15) is 17.3 Å². The monoisotopic (exact) mass is 176 g/mol. The van der Waals surface area contributed by atoms with E-state index in [4.69, 9.17) is 5.26 Å². The molecule has 0 aromatic carbocycles. The molecular weight excluding hydrogens is 172 g/mol. The number of rotatable bonds is 1. The van der Waals surface area contributed by atoms with Crippen LogP contribution in [0.2, 0.25) is 0 Å². The second kappa shape index (κ2) is 2.75. The fraction of sp³-hybridized carbons (Fsp3) is 0. The zero-order valence-corrected chi connectivity index (χ0v) is 6.80. The largest absolute Gasteiger partial charge is 0.259 e. The van der Waals surface area contributed by atoms with Gasteiger partial charge in [-0.25, -0.2) is 4.98 Å². The van der Waals surface area contributed by atoms with E-state index in [0.29, 0.717) is 10.7 Å². The van der Waals surface area contributed by atoms with Gasteiger partial charge in [-0.1, -0.05) is 0 Å². The first-order valence-corrected chi connectivity index (χ1v) is 4.13. The molecule has 0 aliphatic rings. The Hall–Kier alpha value is -1.67. The Labute approximate surface area is 72.5 Å². The summed E-state index contributed by atoms with van der Waals surface area (Å²) in [6.07, 6.45) is 1.42. The van der Waals surface area contributed by atoms with Crippen LogP contribution >= 0.6 is 11.3 Å². The van der Waals surface area contributed by atoms with Crippen LogP contribution in [0.15, 0.2) is 17.8 Å². The average Bonchev–Trinajstić information content (AvgIpc) is 2.74. The van der Waals surface area contributed by atoms with Crippen LogP contribution in [-0.4, -0.2) is 15.2 Å². The second-order valence-electron chi connectivity index (χ2n) is 2.11. The van der Waals surface area contributed by atoms with Gasteiger partial charge in [0, 0.05) is 5.56 Å². The summed E-state index contributed by atoms with van der Waals surface area (Å²) in [6.45, 7) is 0. The summed E-state index contributed by atoms with van der Waals surface area (Å²) in [5.41, 5.74) is 0.819. The predicted octanol–water partition coefficient (Wildman–Crippen LogP) is 1.40. The molecule has 0 radical (unpaired) electrons. The Balaban J connectivity index is 2.55. The normalized spacial score (nSPS) is 9.58. The molecule has 1 N–H and O–H groups in total. The molecule has 0 bridgehead atoms. The van der Waals surface area contributed by atoms with Crippen molar-refractivity contribution in [3.8, 4) is 17.5 Å². The summed E-state index contributed by atoms with van der Waals surface area (Å²) in [7, 11) is 0. The van der Waals surface area contributed by atoms with Crippen molar-refractivity contribution in [1.82, 2.24) is 15.2 Å². The SMILES string of the molecule is N#Cc1sccc1-c1ncn[nH]1. The van der Waals surface area contributed by atoms with Gasteiger partial charge in [-0.05, 0) is 11.4 Å². The minimum atomic E-state index is 0.646. The minimum absolute atomic E-state index is 0.646. The summed E-state index contributed by atoms with van der Waals surface area (Å²) in [5, 5.41) is 17.0. The molecule has 0 saturated carbocycles. The van der Waals surface area contributed by atoms with Crippen LogP contribution in [0, 0.1) is 11.3 Å². The van der Waals surface area contributed by atoms with Crippen molar-refractivity contribution < 1.29 is 0 Å². The van der Waals surface area contributed by atoms with Gasteiger partial charge >= 0.3 is 0 Å². The lowest BCUT2D eigenvalue weighted by Crippen LogP contribution is -1.79. The summed E-state index contributed by atoms with van der Waals surface area (Å²) < 4.78 is 0. The number of nitriles is 1. The van der Waals surface area contributed by atoms with E-state index in [1.54, 1.807) is 0 Å². The van der Waals surface area contributed by atoms with Gasteiger partial charge in [0.2, 0.25) is 0 Å². The van der Waals surface area contributed by atoms with Crippen LogP contribution in [0.5, 0.6) is 0 Å². The molecule has 0 amide bonds. The molecular formula is C7H4N4S. The lowest BCUT2D eigenvalue weighted by molar-refractivity contribution is 1.10. The zero-order valence-electron chi connectivity index (χ0n) is 5.98. The molecule has 0 spiro atoms. The second-order valence-corrected chi connectivity index (χ2v) is 3.03. The van der Waals surface area contributed by atoms with Gasteiger partial charge in [-0.2, -0.15) is 10.4 Å². The summed E-state index contributed by atoms with van der Waals surface area (Å²) in [4.78, 5) is 4.62. The number of aromatic amines is 1. The van der Waals surface area contributed by atoms with Crippen molar-refractivity contribution in [2.24, 2.45) is 0 Å². The maximum absolute atomic E-state index is 8.70. The van der Waals surface area contributed by atoms with Crippen molar-refractivity contribution in [3.63, 3.8) is 0 Å². The van der Waals surface area contributed by atoms with Crippen LogP contribution < -0.4 is 0 Å². The van der Waals surface area contributed by atoms with Crippen molar-refractivity contribution in [3.05, 3.63) is 22.7 Å². The highest BCUT2D eigenvalue weighted by Gasteiger charge is 2.07. The van der Waals surface area contributed by atoms with E-state index in [2.05, 4.69) is 21.3 Å². The van der Waals surface area contributed by atoms with Gasteiger partial charge in [-0.15, -0.1) is 11.3 Å². The number of thiophene rings is 1. The Morgan fingerprint density at radius 1 is 1.58 bits per heavy atom. The topological polar surface area (TPSA) is 65.4 Å². The Kier molecular flexibility index (Phi) is 1.61. The molecule has 0 unspecified atom stereocenters. The number of nitrogens with one attached hydrogen (secondary N) is 1. The number of aromatic nitrogens is 3. The van der Waals surface area contributed by atoms with Gasteiger partial charge in [0.25, 0.3) is 0 Å². The molecule has 2 aromatic rings. The van der Waals surface area contributed by atoms with Crippen LogP contribution in [0.1, 0.15) is 4.88 Å². The van der Waals surface area contributed by atoms with E-state index in [9.17, 15) is 0 Å². The summed E-state index contributed by atoms with van der Waals surface area (Å²) in [5.74, 6) is 0.646. The predicted molar refractivity (Wildman–Crippen MR) is 44.4 cm³/mol. The van der Waals surface area contributed by atoms with Gasteiger partial charge < -0.3 is 0 Å². The maximum Gasteiger partial charge on any atom is 0.157 e. The highest BCUT2D eigenvalue weighted by molar-refractivity contribution is 7.11. The standard InChI is InChI=1S/C7H4N4S/c8-3-6-5(1-2-12-6)7-9-4-10-11-7/h1-2,4H,(H,9,10,11). The van der Waals surface area contributed by atoms with E-state index < -0.39 is 0 Å². The zero-order chi connectivity index (χ0) is 8.39. The lowest BCUT2D eigenvalue weighted by Gasteiger charge is -1.88. The molecule has 58 valence electrons. The Morgan fingerprint density at radius 3 is 3.17 bits per heavy atom. The molecule has 2 rings (SSSR count). The third-order valence-electron chi connectivity index (χ3n) is 1.44. The molecule has 0 saturated heterocycles. The molecule has 0 atom stereocenters. The molecule has 4 nitrogen and oxygen atoms in total. The quantitative estimate of drug-likeness (QED) is 0.714. The highest BCUT2D eigenvalue weighted by atomic mass is 32.1. The third kappa shape index (κ3) is 0.984. The molecule has 2 heterocycles. The van der Waals surface area contributed by atoms with Gasteiger partial charge in [0.15, 0.2) is 5.82 Å². The minimum Gasteiger partial charge on any atom is -0.259 e. The van der Waals surface area contributed by atoms with E-state index in [1.807, 2.05) is 11.4 Å². The van der Waals surface area contributed by atoms with Crippen molar-refractivity contribution in [2.75, 3.05) is 0 Å². The highest BCUT2D eigenvalue weighted by Crippen LogP contribution is 2.23. The van der Waals surface area contributed by atoms with E-state index in [-0.39, 0.29) is 0 Å². The smallest absolute Gasteiger partial charge is 0.157 e. The van der Waals surface area contributed by atoms with Crippen molar-refractivity contribution >= 4 is 11.3 Å². The van der Waals surface area contributed by atoms with E-state index >= 15 is 0 Å². The Morgan fingerprint density at radius 2 is 2.50 bits per heavy atom. The number of hydrogen-bond acceptors (Lipinski definition) is 4. The fourth-order valence-electron chi connectivity index (χ4n) is 0.918. The summed E-state index contributed by atoms with van der Waals surface area (Å²) in [6, 6.07) is 3.95. The average molecular weight is 176 g/mol. The van der Waals surface area contributed by atoms with Crippen molar-refractivity contribution in [2.45, 2.75) is 0 Å². The molecule has 0 aliphatic heterocycles. The first-order chi connectivity index (χ1) is 5.92. The Bertz CT molecular complexity index is 409. The van der Waals surface area contributed by atoms with Crippen LogP contribution in [0.3, 0.4) is 0 Å². The van der Waals surface area contributed by atoms with Crippen LogP contribution in [0.4, 0.5) is 0 Å². The number of hydrogen-bond donors (Lipinski definition) is 1. The van der Waals surface area contributed by atoms with Crippen LogP contribution in [0.25, 0.3) is 11.4 Å². The first kappa shape index (κ1) is 7.00. The van der Waals surface area contributed by atoms with Crippen molar-refractivity contribution in [1.29, 1.82) is 5.26 Å². The molecule has 0 aliphatic carbocycles. The van der Waals surface area contributed by atoms with E-state index in [0.717, 1.165) is 5.56 Å². The first-order valence-electron chi connectivity index (χ1n) is 3.25. The molecule has 5 heteroatoms. The maximum atomic E-state index is 8.70. The molecule has 0 fully saturated rings. The van der Waals surface area contributed by atoms with Gasteiger partial charge in [0.05, 0.1) is 0 Å². The van der Waals surface area contributed by atoms with Crippen LogP contribution in [-0.2, 0) is 0 Å². The number of H-pyrrole nitrogens is 1. The fourth-order valence-corrected chi connectivity index (χ4v) is 1.60. The molecule has 12 heavy (non-hydrogen) atoms. The number of nitrogens with zero attached hydrogens (tertiary/aromatic N) is 3.